The third-order valence-electron chi connectivity index (χ3n) is 4.73. The predicted molar refractivity (Wildman–Crippen MR) is 118 cm³/mol. The minimum Gasteiger partial charge on any atom is -0.454 e. The van der Waals surface area contributed by atoms with Crippen LogP contribution in [0, 0.1) is 0 Å². The summed E-state index contributed by atoms with van der Waals surface area (Å²) in [7, 11) is -3.95. The van der Waals surface area contributed by atoms with Crippen molar-refractivity contribution in [3.8, 4) is 0 Å². The van der Waals surface area contributed by atoms with Gasteiger partial charge in [0.05, 0.1) is 16.7 Å². The molecule has 1 fully saturated rings. The summed E-state index contributed by atoms with van der Waals surface area (Å²) in [6, 6.07) is 10.7. The number of nitrogens with one attached hydrogen (secondary N) is 1. The second-order valence-electron chi connectivity index (χ2n) is 6.86. The van der Waals surface area contributed by atoms with Gasteiger partial charge in [0.25, 0.3) is 0 Å². The normalized spacial score (nSPS) is 16.3. The van der Waals surface area contributed by atoms with E-state index < -0.39 is 22.6 Å². The monoisotopic (exact) mass is 483 g/mol. The van der Waals surface area contributed by atoms with Crippen molar-refractivity contribution in [2.75, 3.05) is 26.0 Å². The first-order valence-corrected chi connectivity index (χ1v) is 12.6. The zero-order valence-corrected chi connectivity index (χ0v) is 19.2. The Morgan fingerprint density at radius 1 is 1.19 bits per heavy atom. The highest BCUT2D eigenvalue weighted by molar-refractivity contribution is 7.98. The van der Waals surface area contributed by atoms with Gasteiger partial charge in [0.1, 0.15) is 4.90 Å². The quantitative estimate of drug-likeness (QED) is 0.330. The number of thioether (sulfide) groups is 1. The van der Waals surface area contributed by atoms with Gasteiger partial charge in [-0.25, -0.2) is 17.9 Å². The fourth-order valence-electron chi connectivity index (χ4n) is 3.00. The van der Waals surface area contributed by atoms with E-state index in [1.807, 2.05) is 6.26 Å². The van der Waals surface area contributed by atoms with E-state index >= 15 is 0 Å². The Morgan fingerprint density at radius 3 is 2.55 bits per heavy atom. The van der Waals surface area contributed by atoms with Crippen LogP contribution in [0.2, 0.25) is 5.02 Å². The number of Topliss-reactive ketones (excluding diaryl/α,β-unsaturated/α-hetero) is 1. The maximum absolute atomic E-state index is 12.6. The molecule has 0 bridgehead atoms. The van der Waals surface area contributed by atoms with Gasteiger partial charge in [-0.1, -0.05) is 23.7 Å². The highest BCUT2D eigenvalue weighted by Crippen LogP contribution is 2.24. The second kappa shape index (κ2) is 10.6. The molecule has 1 atom stereocenters. The van der Waals surface area contributed by atoms with Crippen LogP contribution in [0.4, 0.5) is 0 Å². The van der Waals surface area contributed by atoms with Crippen molar-refractivity contribution in [2.24, 2.45) is 0 Å². The Bertz CT molecular complexity index is 1050. The number of hydrogen-bond donors (Lipinski definition) is 1. The van der Waals surface area contributed by atoms with E-state index in [-0.39, 0.29) is 33.9 Å². The van der Waals surface area contributed by atoms with Crippen molar-refractivity contribution in [3.05, 3.63) is 58.6 Å². The first kappa shape index (κ1) is 23.7. The molecule has 0 saturated carbocycles. The Hall–Kier alpha value is -1.91. The van der Waals surface area contributed by atoms with Gasteiger partial charge >= 0.3 is 5.97 Å². The molecule has 31 heavy (non-hydrogen) atoms. The largest absolute Gasteiger partial charge is 0.454 e. The van der Waals surface area contributed by atoms with Crippen LogP contribution in [0.25, 0.3) is 0 Å². The van der Waals surface area contributed by atoms with Gasteiger partial charge in [-0.05, 0) is 49.4 Å². The fourth-order valence-corrected chi connectivity index (χ4v) is 4.99. The summed E-state index contributed by atoms with van der Waals surface area (Å²) in [5, 5.41) is -0.0265. The van der Waals surface area contributed by atoms with Crippen LogP contribution in [0.3, 0.4) is 0 Å². The van der Waals surface area contributed by atoms with E-state index in [9.17, 15) is 18.0 Å². The Kier molecular flexibility index (Phi) is 8.12. The van der Waals surface area contributed by atoms with Crippen LogP contribution in [0.15, 0.2) is 52.3 Å². The molecule has 0 amide bonds. The van der Waals surface area contributed by atoms with E-state index in [1.165, 1.54) is 12.1 Å². The molecule has 0 radical (unpaired) electrons. The third-order valence-corrected chi connectivity index (χ3v) is 7.38. The van der Waals surface area contributed by atoms with E-state index in [0.29, 0.717) is 12.2 Å². The molecule has 166 valence electrons. The van der Waals surface area contributed by atoms with Crippen LogP contribution in [0.1, 0.15) is 33.6 Å². The van der Waals surface area contributed by atoms with E-state index in [2.05, 4.69) is 4.72 Å². The molecule has 1 N–H and O–H groups in total. The van der Waals surface area contributed by atoms with Gasteiger partial charge in [-0.2, -0.15) is 0 Å². The fraction of sp³-hybridized carbons (Fsp3) is 0.333. The molecular weight excluding hydrogens is 462 g/mol. The van der Waals surface area contributed by atoms with Crippen LogP contribution >= 0.6 is 23.4 Å². The molecule has 3 rings (SSSR count). The number of carbonyl (C=O) groups excluding carboxylic acids is 2. The van der Waals surface area contributed by atoms with Crippen molar-refractivity contribution in [1.29, 1.82) is 0 Å². The van der Waals surface area contributed by atoms with E-state index in [4.69, 9.17) is 21.1 Å². The lowest BCUT2D eigenvalue weighted by molar-refractivity contribution is 0.0474. The number of rotatable bonds is 9. The number of sulfonamides is 1. The lowest BCUT2D eigenvalue weighted by Gasteiger charge is -2.13. The topological polar surface area (TPSA) is 98.8 Å². The van der Waals surface area contributed by atoms with Crippen molar-refractivity contribution < 1.29 is 27.5 Å². The van der Waals surface area contributed by atoms with Crippen molar-refractivity contribution in [2.45, 2.75) is 28.7 Å². The zero-order valence-electron chi connectivity index (χ0n) is 16.8. The molecule has 1 heterocycles. The summed E-state index contributed by atoms with van der Waals surface area (Å²) in [5.74, 6) is -1.18. The average Bonchev–Trinajstić information content (AvgIpc) is 3.30. The molecule has 10 heteroatoms. The summed E-state index contributed by atoms with van der Waals surface area (Å²) in [6.45, 7) is 0.269. The molecule has 0 spiro atoms. The summed E-state index contributed by atoms with van der Waals surface area (Å²) in [5.41, 5.74) is 0.399. The number of ketones is 1. The maximum atomic E-state index is 12.6. The summed E-state index contributed by atoms with van der Waals surface area (Å²) < 4.78 is 38.2. The SMILES string of the molecule is CSc1ccc(C(=O)COC(=O)c2ccc(Cl)c(S(=O)(=O)NCC3CCCO3)c2)cc1. The van der Waals surface area contributed by atoms with E-state index in [1.54, 1.807) is 36.0 Å². The van der Waals surface area contributed by atoms with Crippen molar-refractivity contribution in [3.63, 3.8) is 0 Å². The predicted octanol–water partition coefficient (Wildman–Crippen LogP) is 3.56. The van der Waals surface area contributed by atoms with Crippen LogP contribution in [0.5, 0.6) is 0 Å². The van der Waals surface area contributed by atoms with Crippen molar-refractivity contribution in [1.82, 2.24) is 4.72 Å². The molecule has 1 aliphatic heterocycles. The summed E-state index contributed by atoms with van der Waals surface area (Å²) in [6.07, 6.45) is 3.40. The van der Waals surface area contributed by atoms with Crippen LogP contribution in [-0.4, -0.2) is 52.3 Å². The van der Waals surface area contributed by atoms with Gasteiger partial charge in [-0.3, -0.25) is 4.79 Å². The molecule has 0 aliphatic carbocycles. The van der Waals surface area contributed by atoms with Crippen molar-refractivity contribution >= 4 is 45.1 Å². The number of benzene rings is 2. The second-order valence-corrected chi connectivity index (χ2v) is 9.88. The standard InChI is InChI=1S/C21H22ClNO6S2/c1-30-17-7-4-14(5-8-17)19(24)13-29-21(25)15-6-9-18(22)20(11-15)31(26,27)23-12-16-3-2-10-28-16/h4-9,11,16,23H,2-3,10,12-13H2,1H3. The summed E-state index contributed by atoms with van der Waals surface area (Å²) >= 11 is 7.61. The number of carbonyl (C=O) groups is 2. The molecule has 1 unspecified atom stereocenters. The minimum atomic E-state index is -3.95. The minimum absolute atomic E-state index is 0.0209. The van der Waals surface area contributed by atoms with Gasteiger partial charge in [0.2, 0.25) is 10.0 Å². The van der Waals surface area contributed by atoms with E-state index in [0.717, 1.165) is 23.8 Å². The summed E-state index contributed by atoms with van der Waals surface area (Å²) in [4.78, 5) is 25.4. The molecule has 7 nitrogen and oxygen atoms in total. The number of hydrogen-bond acceptors (Lipinski definition) is 7. The smallest absolute Gasteiger partial charge is 0.338 e. The molecule has 1 aliphatic rings. The molecular formula is C21H22ClNO6S2. The molecule has 2 aromatic carbocycles. The Balaban J connectivity index is 1.65. The average molecular weight is 484 g/mol. The Morgan fingerprint density at radius 2 is 1.90 bits per heavy atom. The maximum Gasteiger partial charge on any atom is 0.338 e. The van der Waals surface area contributed by atoms with Gasteiger partial charge in [-0.15, -0.1) is 11.8 Å². The first-order valence-electron chi connectivity index (χ1n) is 9.55. The van der Waals surface area contributed by atoms with Crippen LogP contribution < -0.4 is 4.72 Å². The van der Waals surface area contributed by atoms with Gasteiger partial charge < -0.3 is 9.47 Å². The highest BCUT2D eigenvalue weighted by Gasteiger charge is 2.24. The number of ether oxygens (including phenoxy) is 2. The molecule has 1 saturated heterocycles. The lowest BCUT2D eigenvalue weighted by atomic mass is 10.1. The molecule has 0 aromatic heterocycles. The first-order chi connectivity index (χ1) is 14.8. The van der Waals surface area contributed by atoms with Crippen LogP contribution in [-0.2, 0) is 19.5 Å². The number of esters is 1. The zero-order chi connectivity index (χ0) is 22.4. The lowest BCUT2D eigenvalue weighted by Crippen LogP contribution is -2.32. The Labute approximate surface area is 190 Å². The number of halogens is 1. The van der Waals surface area contributed by atoms with Gasteiger partial charge in [0.15, 0.2) is 12.4 Å². The third kappa shape index (κ3) is 6.30. The van der Waals surface area contributed by atoms with Gasteiger partial charge in [0, 0.05) is 23.6 Å². The highest BCUT2D eigenvalue weighted by atomic mass is 35.5. The molecule has 2 aromatic rings.